The van der Waals surface area contributed by atoms with E-state index in [1.54, 1.807) is 0 Å². The lowest BCUT2D eigenvalue weighted by Gasteiger charge is -2.10. The second-order valence-corrected chi connectivity index (χ2v) is 7.06. The fraction of sp³-hybridized carbons (Fsp3) is 0.294. The average Bonchev–Trinajstić information content (AvgIpc) is 2.87. The number of nitrogens with one attached hydrogen (secondary N) is 1. The van der Waals surface area contributed by atoms with E-state index in [1.807, 2.05) is 17.4 Å². The number of H-pyrrole nitrogens is 1. The molecule has 0 aliphatic heterocycles. The van der Waals surface area contributed by atoms with Crippen molar-refractivity contribution in [2.45, 2.75) is 32.1 Å². The fourth-order valence-corrected chi connectivity index (χ4v) is 4.77. The van der Waals surface area contributed by atoms with Gasteiger partial charge >= 0.3 is 0 Å². The van der Waals surface area contributed by atoms with Crippen LogP contribution < -0.4 is 0 Å². The third kappa shape index (κ3) is 2.43. The molecule has 2 nitrogen and oxygen atoms in total. The Bertz CT molecular complexity index is 846. The molecular weight excluding hydrogens is 296 g/mol. The molecule has 0 atom stereocenters. The molecule has 4 rings (SSSR count). The third-order valence-corrected chi connectivity index (χ3v) is 5.58. The lowest BCUT2D eigenvalue weighted by Crippen LogP contribution is -2.00. The Kier molecular flexibility index (Phi) is 3.36. The van der Waals surface area contributed by atoms with E-state index in [0.717, 1.165) is 28.1 Å². The molecule has 0 amide bonds. The van der Waals surface area contributed by atoms with Gasteiger partial charge in [0.1, 0.15) is 15.3 Å². The van der Waals surface area contributed by atoms with Crippen LogP contribution in [0.15, 0.2) is 30.3 Å². The SMILES string of the molecule is S=c1[nH]c(Cc2ccccc2)nc2sc3c(c12)CCCC3. The summed E-state index contributed by atoms with van der Waals surface area (Å²) in [5.74, 6) is 0.970. The Hall–Kier alpha value is -1.52. The second-order valence-electron chi connectivity index (χ2n) is 5.57. The van der Waals surface area contributed by atoms with Crippen molar-refractivity contribution >= 4 is 33.8 Å². The highest BCUT2D eigenvalue weighted by atomic mass is 32.1. The monoisotopic (exact) mass is 312 g/mol. The molecule has 0 radical (unpaired) electrons. The molecule has 3 aromatic rings. The molecule has 1 aliphatic rings. The molecule has 21 heavy (non-hydrogen) atoms. The standard InChI is InChI=1S/C17H16N2S2/c20-16-15-12-8-4-5-9-13(12)21-17(15)19-14(18-16)10-11-6-2-1-3-7-11/h1-3,6-7H,4-5,8-10H2,(H,18,19,20). The van der Waals surface area contributed by atoms with Gasteiger partial charge in [-0.05, 0) is 36.8 Å². The Morgan fingerprint density at radius 1 is 1.14 bits per heavy atom. The van der Waals surface area contributed by atoms with Crippen molar-refractivity contribution in [2.75, 3.05) is 0 Å². The zero-order chi connectivity index (χ0) is 14.2. The van der Waals surface area contributed by atoms with Crippen LogP contribution in [0, 0.1) is 4.64 Å². The zero-order valence-corrected chi connectivity index (χ0v) is 13.3. The summed E-state index contributed by atoms with van der Waals surface area (Å²) < 4.78 is 0.866. The highest BCUT2D eigenvalue weighted by Crippen LogP contribution is 2.35. The number of thiophene rings is 1. The summed E-state index contributed by atoms with van der Waals surface area (Å²) in [5, 5.41) is 1.21. The van der Waals surface area contributed by atoms with Crippen LogP contribution in [0.3, 0.4) is 0 Å². The van der Waals surface area contributed by atoms with E-state index in [1.165, 1.54) is 40.7 Å². The van der Waals surface area contributed by atoms with Crippen molar-refractivity contribution < 1.29 is 0 Å². The Balaban J connectivity index is 1.81. The highest BCUT2D eigenvalue weighted by Gasteiger charge is 2.18. The van der Waals surface area contributed by atoms with E-state index in [-0.39, 0.29) is 0 Å². The summed E-state index contributed by atoms with van der Waals surface area (Å²) >= 11 is 7.45. The van der Waals surface area contributed by atoms with Crippen molar-refractivity contribution in [3.63, 3.8) is 0 Å². The maximum Gasteiger partial charge on any atom is 0.128 e. The molecular formula is C17H16N2S2. The average molecular weight is 312 g/mol. The molecule has 1 N–H and O–H groups in total. The van der Waals surface area contributed by atoms with Crippen LogP contribution >= 0.6 is 23.6 Å². The largest absolute Gasteiger partial charge is 0.334 e. The Morgan fingerprint density at radius 3 is 2.81 bits per heavy atom. The number of nitrogens with zero attached hydrogens (tertiary/aromatic N) is 1. The molecule has 0 fully saturated rings. The maximum absolute atomic E-state index is 5.61. The second kappa shape index (κ2) is 5.35. The number of hydrogen-bond acceptors (Lipinski definition) is 3. The minimum absolute atomic E-state index is 0.809. The highest BCUT2D eigenvalue weighted by molar-refractivity contribution is 7.71. The molecule has 0 bridgehead atoms. The normalized spacial score (nSPS) is 14.3. The van der Waals surface area contributed by atoms with Crippen LogP contribution in [0.1, 0.15) is 34.7 Å². The summed E-state index contributed by atoms with van der Waals surface area (Å²) in [5.41, 5.74) is 2.72. The first-order chi connectivity index (χ1) is 10.3. The molecule has 0 spiro atoms. The number of aromatic nitrogens is 2. The number of rotatable bonds is 2. The summed E-state index contributed by atoms with van der Waals surface area (Å²) in [6, 6.07) is 10.4. The van der Waals surface area contributed by atoms with Gasteiger partial charge < -0.3 is 4.98 Å². The van der Waals surface area contributed by atoms with E-state index < -0.39 is 0 Å². The summed E-state index contributed by atoms with van der Waals surface area (Å²) in [4.78, 5) is 10.8. The molecule has 0 saturated heterocycles. The van der Waals surface area contributed by atoms with E-state index in [2.05, 4.69) is 29.2 Å². The van der Waals surface area contributed by atoms with E-state index in [0.29, 0.717) is 0 Å². The first kappa shape index (κ1) is 13.2. The summed E-state index contributed by atoms with van der Waals surface area (Å²) in [7, 11) is 0. The number of fused-ring (bicyclic) bond motifs is 3. The van der Waals surface area contributed by atoms with Crippen molar-refractivity contribution in [3.8, 4) is 0 Å². The molecule has 106 valence electrons. The van der Waals surface area contributed by atoms with Gasteiger partial charge in [0.2, 0.25) is 0 Å². The third-order valence-electron chi connectivity index (χ3n) is 4.09. The van der Waals surface area contributed by atoms with E-state index in [9.17, 15) is 0 Å². The van der Waals surface area contributed by atoms with Crippen LogP contribution in [0.25, 0.3) is 10.2 Å². The molecule has 1 aliphatic carbocycles. The number of aryl methyl sites for hydroxylation is 2. The molecule has 0 unspecified atom stereocenters. The minimum Gasteiger partial charge on any atom is -0.334 e. The van der Waals surface area contributed by atoms with Crippen LogP contribution in [-0.4, -0.2) is 9.97 Å². The molecule has 1 aromatic carbocycles. The first-order valence-corrected chi connectivity index (χ1v) is 8.61. The molecule has 2 aromatic heterocycles. The molecule has 4 heteroatoms. The van der Waals surface area contributed by atoms with Gasteiger partial charge in [0.15, 0.2) is 0 Å². The summed E-state index contributed by atoms with van der Waals surface area (Å²) in [6.07, 6.45) is 5.74. The van der Waals surface area contributed by atoms with E-state index >= 15 is 0 Å². The zero-order valence-electron chi connectivity index (χ0n) is 11.7. The van der Waals surface area contributed by atoms with Crippen LogP contribution in [0.2, 0.25) is 0 Å². The first-order valence-electron chi connectivity index (χ1n) is 7.38. The van der Waals surface area contributed by atoms with Gasteiger partial charge in [-0.3, -0.25) is 0 Å². The van der Waals surface area contributed by atoms with Gasteiger partial charge in [0.25, 0.3) is 0 Å². The topological polar surface area (TPSA) is 28.7 Å². The number of benzene rings is 1. The van der Waals surface area contributed by atoms with Crippen LogP contribution in [0.4, 0.5) is 0 Å². The van der Waals surface area contributed by atoms with Gasteiger partial charge in [-0.15, -0.1) is 11.3 Å². The predicted octanol–water partition coefficient (Wildman–Crippen LogP) is 4.82. The fourth-order valence-electron chi connectivity index (χ4n) is 3.08. The van der Waals surface area contributed by atoms with Crippen LogP contribution in [0.5, 0.6) is 0 Å². The summed E-state index contributed by atoms with van der Waals surface area (Å²) in [6.45, 7) is 0. The minimum atomic E-state index is 0.809. The maximum atomic E-state index is 5.61. The molecule has 2 heterocycles. The Morgan fingerprint density at radius 2 is 1.95 bits per heavy atom. The van der Waals surface area contributed by atoms with Gasteiger partial charge in [-0.1, -0.05) is 42.5 Å². The number of aromatic amines is 1. The number of hydrogen-bond donors (Lipinski definition) is 1. The van der Waals surface area contributed by atoms with Crippen molar-refractivity contribution in [3.05, 3.63) is 56.8 Å². The van der Waals surface area contributed by atoms with Crippen LogP contribution in [-0.2, 0) is 19.3 Å². The van der Waals surface area contributed by atoms with Crippen molar-refractivity contribution in [2.24, 2.45) is 0 Å². The van der Waals surface area contributed by atoms with Crippen molar-refractivity contribution in [1.82, 2.24) is 9.97 Å². The van der Waals surface area contributed by atoms with Gasteiger partial charge in [0, 0.05) is 16.7 Å². The van der Waals surface area contributed by atoms with Gasteiger partial charge in [-0.25, -0.2) is 4.98 Å². The quantitative estimate of drug-likeness (QED) is 0.687. The smallest absolute Gasteiger partial charge is 0.128 e. The lowest BCUT2D eigenvalue weighted by atomic mass is 9.97. The molecule has 0 saturated carbocycles. The van der Waals surface area contributed by atoms with Crippen molar-refractivity contribution in [1.29, 1.82) is 0 Å². The predicted molar refractivity (Wildman–Crippen MR) is 90.7 cm³/mol. The lowest BCUT2D eigenvalue weighted by molar-refractivity contribution is 0.700. The van der Waals surface area contributed by atoms with E-state index in [4.69, 9.17) is 17.2 Å². The van der Waals surface area contributed by atoms with Gasteiger partial charge in [-0.2, -0.15) is 0 Å². The van der Waals surface area contributed by atoms with Gasteiger partial charge in [0.05, 0.1) is 0 Å². The Labute approximate surface area is 132 Å².